The molecule has 1 N–H and O–H groups in total. The molecule has 0 radical (unpaired) electrons. The van der Waals surface area contributed by atoms with Gasteiger partial charge in [0.2, 0.25) is 11.8 Å². The van der Waals surface area contributed by atoms with E-state index in [0.717, 1.165) is 23.3 Å². The number of ether oxygens (including phenoxy) is 1. The third-order valence-corrected chi connectivity index (χ3v) is 7.54. The predicted molar refractivity (Wildman–Crippen MR) is 144 cm³/mol. The largest absolute Gasteiger partial charge is 0.508 e. The van der Waals surface area contributed by atoms with Crippen molar-refractivity contribution in [3.8, 4) is 11.5 Å². The molecule has 2 aliphatic heterocycles. The third-order valence-electron chi connectivity index (χ3n) is 7.54. The monoisotopic (exact) mass is 505 g/mol. The van der Waals surface area contributed by atoms with Gasteiger partial charge >= 0.3 is 0 Å². The van der Waals surface area contributed by atoms with Gasteiger partial charge in [-0.1, -0.05) is 48.6 Å². The lowest BCUT2D eigenvalue weighted by Gasteiger charge is -2.38. The quantitative estimate of drug-likeness (QED) is 0.600. The van der Waals surface area contributed by atoms with Gasteiger partial charge in [0, 0.05) is 56.8 Å². The van der Waals surface area contributed by atoms with Gasteiger partial charge in [-0.05, 0) is 44.2 Å². The highest BCUT2D eigenvalue weighted by Gasteiger charge is 2.33. The summed E-state index contributed by atoms with van der Waals surface area (Å²) in [6.07, 6.45) is 5.47. The second-order valence-electron chi connectivity index (χ2n) is 9.94. The highest BCUT2D eigenvalue weighted by molar-refractivity contribution is 5.79. The molecule has 0 saturated carbocycles. The van der Waals surface area contributed by atoms with Gasteiger partial charge in [-0.15, -0.1) is 0 Å². The number of amides is 2. The molecule has 0 aliphatic carbocycles. The minimum atomic E-state index is 0.0694. The first-order chi connectivity index (χ1) is 18.0. The number of para-hydroxylation sites is 2. The van der Waals surface area contributed by atoms with Crippen LogP contribution < -0.4 is 4.74 Å². The van der Waals surface area contributed by atoms with Crippen molar-refractivity contribution >= 4 is 11.8 Å². The average Bonchev–Trinajstić information content (AvgIpc) is 2.90. The Morgan fingerprint density at radius 3 is 2.62 bits per heavy atom. The molecule has 0 unspecified atom stereocenters. The summed E-state index contributed by atoms with van der Waals surface area (Å²) in [7, 11) is 0. The molecule has 2 heterocycles. The molecule has 1 saturated heterocycles. The van der Waals surface area contributed by atoms with E-state index in [1.807, 2.05) is 66.1 Å². The van der Waals surface area contributed by atoms with Gasteiger partial charge in [-0.2, -0.15) is 0 Å². The Morgan fingerprint density at radius 1 is 1.08 bits per heavy atom. The van der Waals surface area contributed by atoms with Gasteiger partial charge < -0.3 is 19.6 Å². The van der Waals surface area contributed by atoms with Crippen LogP contribution in [0.15, 0.2) is 60.7 Å². The summed E-state index contributed by atoms with van der Waals surface area (Å²) in [6.45, 7) is 8.34. The van der Waals surface area contributed by atoms with E-state index in [1.165, 1.54) is 0 Å². The molecule has 198 valence electrons. The Balaban J connectivity index is 1.57. The zero-order valence-corrected chi connectivity index (χ0v) is 22.0. The topological polar surface area (TPSA) is 73.3 Å². The zero-order valence-electron chi connectivity index (χ0n) is 22.0. The zero-order chi connectivity index (χ0) is 26.2. The number of hydrogen-bond acceptors (Lipinski definition) is 5. The molecule has 0 aromatic heterocycles. The third kappa shape index (κ3) is 6.92. The number of phenolic OH excluding ortho intramolecular Hbond substituents is 1. The van der Waals surface area contributed by atoms with Crippen molar-refractivity contribution in [3.63, 3.8) is 0 Å². The van der Waals surface area contributed by atoms with Crippen molar-refractivity contribution in [1.29, 1.82) is 0 Å². The highest BCUT2D eigenvalue weighted by atomic mass is 16.5. The maximum Gasteiger partial charge on any atom is 0.236 e. The lowest BCUT2D eigenvalue weighted by molar-refractivity contribution is -0.136. The van der Waals surface area contributed by atoms with Crippen LogP contribution in [0.1, 0.15) is 37.8 Å². The number of carbonyl (C=O) groups excluding carboxylic acids is 2. The van der Waals surface area contributed by atoms with Gasteiger partial charge in [0.15, 0.2) is 0 Å². The standard InChI is InChI=1S/C30H39N3O4/c1-3-32(4-2)29(35)18-23-15-16-33-21-24(23)12-9-17-37-28-14-8-6-11-26(28)20-31(22-30(33)36)19-25-10-5-7-13-27(25)34/h5-14,23-24,34H,3-4,15-22H2,1-2H3/t23-,24-/m0/s1. The van der Waals surface area contributed by atoms with Gasteiger partial charge in [0.1, 0.15) is 18.1 Å². The second-order valence-corrected chi connectivity index (χ2v) is 9.94. The normalized spacial score (nSPS) is 20.7. The number of carbonyl (C=O) groups is 2. The number of nitrogens with zero attached hydrogens (tertiary/aromatic N) is 3. The SMILES string of the molecule is CCN(CC)C(=O)C[C@@H]1CCN2C[C@@H]1C=CCOc1ccccc1CN(Cc1ccccc1O)CC2=O. The number of phenols is 1. The van der Waals surface area contributed by atoms with Crippen molar-refractivity contribution in [1.82, 2.24) is 14.7 Å². The fourth-order valence-electron chi connectivity index (χ4n) is 5.39. The Hall–Kier alpha value is -3.32. The molecule has 37 heavy (non-hydrogen) atoms. The molecule has 1 fully saturated rings. The highest BCUT2D eigenvalue weighted by Crippen LogP contribution is 2.30. The van der Waals surface area contributed by atoms with E-state index in [0.29, 0.717) is 52.3 Å². The minimum Gasteiger partial charge on any atom is -0.508 e. The van der Waals surface area contributed by atoms with Gasteiger partial charge in [0.05, 0.1) is 6.54 Å². The first kappa shape index (κ1) is 26.7. The lowest BCUT2D eigenvalue weighted by atomic mass is 9.82. The van der Waals surface area contributed by atoms with E-state index >= 15 is 0 Å². The predicted octanol–water partition coefficient (Wildman–Crippen LogP) is 4.07. The summed E-state index contributed by atoms with van der Waals surface area (Å²) >= 11 is 0. The average molecular weight is 506 g/mol. The number of fused-ring (bicyclic) bond motifs is 3. The van der Waals surface area contributed by atoms with Crippen LogP contribution in [0.4, 0.5) is 0 Å². The number of hydrogen-bond donors (Lipinski definition) is 1. The van der Waals surface area contributed by atoms with Gasteiger partial charge in [-0.3, -0.25) is 14.5 Å². The maximum atomic E-state index is 13.5. The molecule has 2 atom stereocenters. The van der Waals surface area contributed by atoms with Crippen LogP contribution in [0.2, 0.25) is 0 Å². The van der Waals surface area contributed by atoms with Crippen molar-refractivity contribution in [2.45, 2.75) is 39.8 Å². The van der Waals surface area contributed by atoms with Gasteiger partial charge in [-0.25, -0.2) is 0 Å². The van der Waals surface area contributed by atoms with Crippen molar-refractivity contribution < 1.29 is 19.4 Å². The fraction of sp³-hybridized carbons (Fsp3) is 0.467. The number of benzene rings is 2. The molecule has 2 aromatic carbocycles. The number of aromatic hydroxyl groups is 1. The van der Waals surface area contributed by atoms with E-state index < -0.39 is 0 Å². The molecule has 2 bridgehead atoms. The van der Waals surface area contributed by atoms with Crippen LogP contribution in [0.5, 0.6) is 11.5 Å². The molecule has 2 amide bonds. The number of piperidine rings is 1. The van der Waals surface area contributed by atoms with E-state index in [2.05, 4.69) is 11.0 Å². The molecule has 0 spiro atoms. The fourth-order valence-corrected chi connectivity index (χ4v) is 5.39. The molecular weight excluding hydrogens is 466 g/mol. The lowest BCUT2D eigenvalue weighted by Crippen LogP contribution is -2.48. The van der Waals surface area contributed by atoms with Crippen molar-refractivity contribution in [2.75, 3.05) is 39.3 Å². The van der Waals surface area contributed by atoms with Crippen LogP contribution in [-0.2, 0) is 22.7 Å². The van der Waals surface area contributed by atoms with Crippen LogP contribution in [0, 0.1) is 11.8 Å². The van der Waals surface area contributed by atoms with E-state index in [4.69, 9.17) is 4.74 Å². The Kier molecular flexibility index (Phi) is 9.23. The molecule has 7 heteroatoms. The summed E-state index contributed by atoms with van der Waals surface area (Å²) < 4.78 is 6.14. The second kappa shape index (κ2) is 12.8. The van der Waals surface area contributed by atoms with Gasteiger partial charge in [0.25, 0.3) is 0 Å². The van der Waals surface area contributed by atoms with E-state index in [-0.39, 0.29) is 35.9 Å². The van der Waals surface area contributed by atoms with Crippen molar-refractivity contribution in [3.05, 3.63) is 71.8 Å². The molecule has 2 aliphatic rings. The summed E-state index contributed by atoms with van der Waals surface area (Å²) in [4.78, 5) is 32.3. The van der Waals surface area contributed by atoms with Crippen LogP contribution in [-0.4, -0.2) is 71.0 Å². The molecular formula is C30H39N3O4. The summed E-state index contributed by atoms with van der Waals surface area (Å²) in [6, 6.07) is 15.2. The minimum absolute atomic E-state index is 0.0694. The first-order valence-corrected chi connectivity index (χ1v) is 13.4. The van der Waals surface area contributed by atoms with Crippen LogP contribution in [0.25, 0.3) is 0 Å². The molecule has 4 rings (SSSR count). The number of rotatable bonds is 6. The summed E-state index contributed by atoms with van der Waals surface area (Å²) in [5, 5.41) is 10.4. The van der Waals surface area contributed by atoms with E-state index in [9.17, 15) is 14.7 Å². The maximum absolute atomic E-state index is 13.5. The molecule has 2 aromatic rings. The van der Waals surface area contributed by atoms with Crippen LogP contribution in [0.3, 0.4) is 0 Å². The Bertz CT molecular complexity index is 1100. The Morgan fingerprint density at radius 2 is 1.84 bits per heavy atom. The molecule has 7 nitrogen and oxygen atoms in total. The first-order valence-electron chi connectivity index (χ1n) is 13.4. The van der Waals surface area contributed by atoms with Crippen LogP contribution >= 0.6 is 0 Å². The smallest absolute Gasteiger partial charge is 0.236 e. The van der Waals surface area contributed by atoms with Crippen molar-refractivity contribution in [2.24, 2.45) is 11.8 Å². The summed E-state index contributed by atoms with van der Waals surface area (Å²) in [5.74, 6) is 1.57. The van der Waals surface area contributed by atoms with E-state index in [1.54, 1.807) is 12.1 Å². The Labute approximate surface area is 220 Å². The summed E-state index contributed by atoms with van der Waals surface area (Å²) in [5.41, 5.74) is 1.78.